The molecule has 4 nitrogen and oxygen atoms in total. The Labute approximate surface area is 522 Å². The largest absolute Gasteiger partial charge is 0.394 e. The summed E-state index contributed by atoms with van der Waals surface area (Å²) >= 11 is 0. The van der Waals surface area contributed by atoms with E-state index < -0.39 is 12.1 Å². The first-order valence-electron chi connectivity index (χ1n) is 38.4. The van der Waals surface area contributed by atoms with Gasteiger partial charge in [0.25, 0.3) is 0 Å². The topological polar surface area (TPSA) is 69.6 Å². The van der Waals surface area contributed by atoms with Gasteiger partial charge in [0.05, 0.1) is 18.8 Å². The molecule has 0 aromatic heterocycles. The molecule has 0 aliphatic rings. The molecule has 0 aromatic carbocycles. The monoisotopic (exact) mass is 1160 g/mol. The highest BCUT2D eigenvalue weighted by atomic mass is 16.3. The van der Waals surface area contributed by atoms with Crippen LogP contribution in [0.2, 0.25) is 0 Å². The third-order valence-corrected chi connectivity index (χ3v) is 18.0. The Morgan fingerprint density at radius 3 is 0.699 bits per heavy atom. The zero-order valence-corrected chi connectivity index (χ0v) is 56.7. The van der Waals surface area contributed by atoms with Gasteiger partial charge in [-0.05, 0) is 70.6 Å². The lowest BCUT2D eigenvalue weighted by molar-refractivity contribution is -0.123. The van der Waals surface area contributed by atoms with Crippen LogP contribution in [0.25, 0.3) is 0 Å². The Morgan fingerprint density at radius 2 is 0.470 bits per heavy atom. The van der Waals surface area contributed by atoms with Crippen molar-refractivity contribution in [1.82, 2.24) is 5.32 Å². The highest BCUT2D eigenvalue weighted by Gasteiger charge is 2.18. The second-order valence-corrected chi connectivity index (χ2v) is 26.4. The van der Waals surface area contributed by atoms with Crippen LogP contribution in [0.3, 0.4) is 0 Å². The predicted molar refractivity (Wildman–Crippen MR) is 373 cm³/mol. The molecule has 0 aromatic rings. The number of hydrogen-bond donors (Lipinski definition) is 3. The van der Waals surface area contributed by atoms with Crippen LogP contribution >= 0.6 is 0 Å². The van der Waals surface area contributed by atoms with Crippen LogP contribution in [-0.2, 0) is 4.79 Å². The van der Waals surface area contributed by atoms with Gasteiger partial charge in [0.2, 0.25) is 5.91 Å². The third kappa shape index (κ3) is 71.0. The molecule has 4 heteroatoms. The van der Waals surface area contributed by atoms with E-state index in [1.54, 1.807) is 6.08 Å². The van der Waals surface area contributed by atoms with E-state index in [4.69, 9.17) is 0 Å². The van der Waals surface area contributed by atoms with Crippen LogP contribution in [0.5, 0.6) is 0 Å². The molecule has 0 aliphatic heterocycles. The number of aliphatic hydroxyl groups excluding tert-OH is 2. The van der Waals surface area contributed by atoms with E-state index in [1.165, 1.54) is 372 Å². The summed E-state index contributed by atoms with van der Waals surface area (Å²) in [6, 6.07) is -0.647. The van der Waals surface area contributed by atoms with Crippen LogP contribution in [0.1, 0.15) is 431 Å². The lowest BCUT2D eigenvalue weighted by Gasteiger charge is -2.19. The summed E-state index contributed by atoms with van der Waals surface area (Å²) in [6.07, 6.45) is 105. The maximum absolute atomic E-state index is 12.6. The standard InChI is InChI=1S/C79H151NO3/c1-3-5-7-9-11-13-15-17-19-21-23-25-27-29-31-33-35-36-37-38-39-40-41-42-43-44-45-47-49-51-53-55-57-59-61-63-65-67-69-71-73-75-79(83)80-77(76-81)78(82)74-72-70-68-66-64-62-60-58-56-54-52-50-48-46-34-32-30-28-26-24-22-20-18-16-14-12-10-8-6-4-2/h21,23,56,58,64,66,72,74,77-78,81-82H,3-20,22,24-55,57,59-63,65,67-71,73,75-76H2,1-2H3,(H,80,83)/b23-21-,58-56+,66-64+,74-72+. The van der Waals surface area contributed by atoms with E-state index in [2.05, 4.69) is 55.6 Å². The van der Waals surface area contributed by atoms with Crippen molar-refractivity contribution in [3.63, 3.8) is 0 Å². The van der Waals surface area contributed by atoms with Gasteiger partial charge in [-0.1, -0.05) is 403 Å². The molecule has 3 N–H and O–H groups in total. The Hall–Kier alpha value is -1.65. The summed E-state index contributed by atoms with van der Waals surface area (Å²) in [4.78, 5) is 12.6. The maximum Gasteiger partial charge on any atom is 0.220 e. The lowest BCUT2D eigenvalue weighted by Crippen LogP contribution is -2.45. The van der Waals surface area contributed by atoms with Crippen molar-refractivity contribution in [3.8, 4) is 0 Å². The molecule has 0 spiro atoms. The second kappa shape index (κ2) is 74.6. The first-order chi connectivity index (χ1) is 41.2. The number of rotatable bonds is 72. The summed E-state index contributed by atoms with van der Waals surface area (Å²) < 4.78 is 0. The molecule has 0 saturated carbocycles. The summed E-state index contributed by atoms with van der Waals surface area (Å²) in [7, 11) is 0. The average Bonchev–Trinajstić information content (AvgIpc) is 3.51. The average molecular weight is 1160 g/mol. The van der Waals surface area contributed by atoms with Crippen LogP contribution in [-0.4, -0.2) is 34.9 Å². The molecular weight excluding hydrogens is 1010 g/mol. The van der Waals surface area contributed by atoms with Crippen LogP contribution in [0, 0.1) is 0 Å². The molecule has 2 atom stereocenters. The maximum atomic E-state index is 12.6. The number of amides is 1. The van der Waals surface area contributed by atoms with Crippen molar-refractivity contribution in [2.24, 2.45) is 0 Å². The van der Waals surface area contributed by atoms with Crippen molar-refractivity contribution in [2.45, 2.75) is 443 Å². The van der Waals surface area contributed by atoms with Gasteiger partial charge >= 0.3 is 0 Å². The molecule has 0 bridgehead atoms. The van der Waals surface area contributed by atoms with Gasteiger partial charge in [-0.25, -0.2) is 0 Å². The second-order valence-electron chi connectivity index (χ2n) is 26.4. The Kier molecular flexibility index (Phi) is 73.1. The fourth-order valence-electron chi connectivity index (χ4n) is 12.2. The van der Waals surface area contributed by atoms with Crippen molar-refractivity contribution >= 4 is 5.91 Å². The molecule has 0 fully saturated rings. The quantitative estimate of drug-likeness (QED) is 0.0420. The summed E-state index contributed by atoms with van der Waals surface area (Å²) in [5.41, 5.74) is 0. The third-order valence-electron chi connectivity index (χ3n) is 18.0. The number of aliphatic hydroxyl groups is 2. The predicted octanol–water partition coefficient (Wildman–Crippen LogP) is 26.4. The number of hydrogen-bond acceptors (Lipinski definition) is 3. The highest BCUT2D eigenvalue weighted by Crippen LogP contribution is 2.20. The van der Waals surface area contributed by atoms with Gasteiger partial charge in [0, 0.05) is 6.42 Å². The molecule has 0 rings (SSSR count). The summed E-state index contributed by atoms with van der Waals surface area (Å²) in [5, 5.41) is 23.3. The minimum absolute atomic E-state index is 0.0694. The minimum Gasteiger partial charge on any atom is -0.394 e. The van der Waals surface area contributed by atoms with Gasteiger partial charge in [-0.2, -0.15) is 0 Å². The number of allylic oxidation sites excluding steroid dienone is 7. The molecule has 0 radical (unpaired) electrons. The molecule has 0 aliphatic carbocycles. The Balaban J connectivity index is 3.42. The molecule has 0 saturated heterocycles. The first kappa shape index (κ1) is 81.3. The van der Waals surface area contributed by atoms with E-state index in [0.29, 0.717) is 6.42 Å². The van der Waals surface area contributed by atoms with Crippen molar-refractivity contribution in [2.75, 3.05) is 6.61 Å². The van der Waals surface area contributed by atoms with Crippen molar-refractivity contribution in [1.29, 1.82) is 0 Å². The zero-order valence-electron chi connectivity index (χ0n) is 56.7. The minimum atomic E-state index is -0.872. The van der Waals surface area contributed by atoms with Crippen LogP contribution in [0.4, 0.5) is 0 Å². The van der Waals surface area contributed by atoms with E-state index >= 15 is 0 Å². The van der Waals surface area contributed by atoms with Gasteiger partial charge < -0.3 is 15.5 Å². The SMILES string of the molecule is CCCCCCCCCC/C=C\CCCCCCCCCCCCCCCCCCCCCCCCCCCCCCCC(=O)NC(CO)C(O)/C=C/CC/C=C/CC/C=C/CCCCCCCCCCCCCCCCCCCCCC. The number of carbonyl (C=O) groups excluding carboxylic acids is 1. The van der Waals surface area contributed by atoms with E-state index in [-0.39, 0.29) is 12.5 Å². The van der Waals surface area contributed by atoms with Gasteiger partial charge in [0.15, 0.2) is 0 Å². The van der Waals surface area contributed by atoms with Gasteiger partial charge in [-0.3, -0.25) is 4.79 Å². The normalized spacial score (nSPS) is 12.9. The summed E-state index contributed by atoms with van der Waals surface area (Å²) in [5.74, 6) is -0.0694. The Morgan fingerprint density at radius 1 is 0.277 bits per heavy atom. The van der Waals surface area contributed by atoms with E-state index in [9.17, 15) is 15.0 Å². The molecule has 1 amide bonds. The molecule has 0 heterocycles. The molecular formula is C79H151NO3. The Bertz CT molecular complexity index is 1320. The molecule has 83 heavy (non-hydrogen) atoms. The molecule has 2 unspecified atom stereocenters. The van der Waals surface area contributed by atoms with E-state index in [0.717, 1.165) is 38.5 Å². The van der Waals surface area contributed by atoms with Crippen LogP contribution in [0.15, 0.2) is 48.6 Å². The lowest BCUT2D eigenvalue weighted by atomic mass is 10.0. The summed E-state index contributed by atoms with van der Waals surface area (Å²) in [6.45, 7) is 4.34. The smallest absolute Gasteiger partial charge is 0.220 e. The van der Waals surface area contributed by atoms with E-state index in [1.807, 2.05) is 6.08 Å². The highest BCUT2D eigenvalue weighted by molar-refractivity contribution is 5.76. The number of unbranched alkanes of at least 4 members (excludes halogenated alkanes) is 59. The zero-order chi connectivity index (χ0) is 59.8. The fraction of sp³-hybridized carbons (Fsp3) is 0.886. The molecule has 490 valence electrons. The van der Waals surface area contributed by atoms with Crippen molar-refractivity contribution < 1.29 is 15.0 Å². The first-order valence-corrected chi connectivity index (χ1v) is 38.4. The van der Waals surface area contributed by atoms with Crippen LogP contribution < -0.4 is 5.32 Å². The number of carbonyl (C=O) groups is 1. The van der Waals surface area contributed by atoms with Crippen molar-refractivity contribution in [3.05, 3.63) is 48.6 Å². The van der Waals surface area contributed by atoms with Gasteiger partial charge in [0.1, 0.15) is 0 Å². The fourth-order valence-corrected chi connectivity index (χ4v) is 12.2. The van der Waals surface area contributed by atoms with Gasteiger partial charge in [-0.15, -0.1) is 0 Å². The number of nitrogens with one attached hydrogen (secondary N) is 1.